The maximum absolute atomic E-state index is 11.8. The van der Waals surface area contributed by atoms with E-state index >= 15 is 0 Å². The summed E-state index contributed by atoms with van der Waals surface area (Å²) in [5, 5.41) is 8.82. The van der Waals surface area contributed by atoms with E-state index in [1.54, 1.807) is 6.92 Å². The van der Waals surface area contributed by atoms with Gasteiger partial charge in [0.25, 0.3) is 0 Å². The molecule has 0 aliphatic carbocycles. The molecule has 92 valence electrons. The molecule has 3 N–H and O–H groups in total. The second-order valence-electron chi connectivity index (χ2n) is 3.65. The van der Waals surface area contributed by atoms with Gasteiger partial charge in [-0.3, -0.25) is 9.82 Å². The van der Waals surface area contributed by atoms with Crippen LogP contribution < -0.4 is 10.0 Å². The summed E-state index contributed by atoms with van der Waals surface area (Å²) >= 11 is 0. The minimum absolute atomic E-state index is 0.445. The van der Waals surface area contributed by atoms with E-state index in [-0.39, 0.29) is 0 Å². The van der Waals surface area contributed by atoms with Gasteiger partial charge in [-0.05, 0) is 19.9 Å². The van der Waals surface area contributed by atoms with Gasteiger partial charge in [-0.1, -0.05) is 6.92 Å². The molecule has 1 unspecified atom stereocenters. The van der Waals surface area contributed by atoms with Crippen LogP contribution in [0.4, 0.5) is 5.69 Å². The van der Waals surface area contributed by atoms with Gasteiger partial charge in [-0.15, -0.1) is 0 Å². The van der Waals surface area contributed by atoms with Crippen molar-refractivity contribution in [1.29, 1.82) is 0 Å². The average Bonchev–Trinajstić information content (AvgIpc) is 2.70. The lowest BCUT2D eigenvalue weighted by Crippen LogP contribution is -2.35. The Labute approximate surface area is 95.9 Å². The Morgan fingerprint density at radius 3 is 2.88 bits per heavy atom. The number of aromatic amines is 1. The minimum atomic E-state index is -3.34. The number of rotatable bonds is 7. The van der Waals surface area contributed by atoms with Crippen molar-refractivity contribution in [2.75, 3.05) is 17.8 Å². The molecule has 0 aliphatic rings. The van der Waals surface area contributed by atoms with Gasteiger partial charge in [0.05, 0.1) is 17.1 Å². The van der Waals surface area contributed by atoms with E-state index in [0.29, 0.717) is 12.2 Å². The molecule has 0 fully saturated rings. The van der Waals surface area contributed by atoms with Gasteiger partial charge in [-0.2, -0.15) is 5.10 Å². The Morgan fingerprint density at radius 2 is 2.31 bits per heavy atom. The molecule has 0 radical (unpaired) electrons. The van der Waals surface area contributed by atoms with Gasteiger partial charge in [0, 0.05) is 12.7 Å². The average molecular weight is 246 g/mol. The first-order valence-corrected chi connectivity index (χ1v) is 6.82. The zero-order valence-electron chi connectivity index (χ0n) is 9.53. The van der Waals surface area contributed by atoms with Crippen molar-refractivity contribution in [1.82, 2.24) is 15.5 Å². The van der Waals surface area contributed by atoms with Crippen LogP contribution in [0.15, 0.2) is 12.4 Å². The molecule has 0 aromatic carbocycles. The van der Waals surface area contributed by atoms with Crippen molar-refractivity contribution in [3.05, 3.63) is 12.4 Å². The van der Waals surface area contributed by atoms with Crippen molar-refractivity contribution < 1.29 is 8.42 Å². The molecule has 0 saturated heterocycles. The molecule has 0 aliphatic heterocycles. The molecule has 6 nitrogen and oxygen atoms in total. The highest BCUT2D eigenvalue weighted by molar-refractivity contribution is 7.93. The predicted octanol–water partition coefficient (Wildman–Crippen LogP) is 0.539. The Kier molecular flexibility index (Phi) is 4.75. The molecular formula is C9H18N4O2S. The van der Waals surface area contributed by atoms with Crippen LogP contribution in [-0.2, 0) is 10.0 Å². The molecular weight excluding hydrogens is 228 g/mol. The zero-order valence-corrected chi connectivity index (χ0v) is 10.3. The maximum Gasteiger partial charge on any atom is 0.236 e. The lowest BCUT2D eigenvalue weighted by molar-refractivity contribution is 0.576. The third-order valence-electron chi connectivity index (χ3n) is 2.15. The number of nitrogens with one attached hydrogen (secondary N) is 3. The van der Waals surface area contributed by atoms with Gasteiger partial charge in [-0.25, -0.2) is 8.42 Å². The molecule has 1 atom stereocenters. The highest BCUT2D eigenvalue weighted by Gasteiger charge is 2.20. The fourth-order valence-corrected chi connectivity index (χ4v) is 2.14. The van der Waals surface area contributed by atoms with Crippen LogP contribution in [0.2, 0.25) is 0 Å². The van der Waals surface area contributed by atoms with E-state index in [4.69, 9.17) is 0 Å². The van der Waals surface area contributed by atoms with Gasteiger partial charge in [0.2, 0.25) is 10.0 Å². The Bertz CT molecular complexity index is 388. The summed E-state index contributed by atoms with van der Waals surface area (Å²) < 4.78 is 26.1. The van der Waals surface area contributed by atoms with Crippen molar-refractivity contribution in [2.24, 2.45) is 0 Å². The number of anilines is 1. The maximum atomic E-state index is 11.8. The van der Waals surface area contributed by atoms with Gasteiger partial charge in [0.15, 0.2) is 0 Å². The van der Waals surface area contributed by atoms with Crippen molar-refractivity contribution >= 4 is 15.7 Å². The van der Waals surface area contributed by atoms with E-state index < -0.39 is 15.3 Å². The van der Waals surface area contributed by atoms with Crippen LogP contribution >= 0.6 is 0 Å². The molecule has 1 heterocycles. The van der Waals surface area contributed by atoms with E-state index in [1.807, 2.05) is 6.92 Å². The summed E-state index contributed by atoms with van der Waals surface area (Å²) in [5.41, 5.74) is 0.461. The number of nitrogens with zero attached hydrogens (tertiary/aromatic N) is 1. The number of aromatic nitrogens is 2. The monoisotopic (exact) mass is 246 g/mol. The third kappa shape index (κ3) is 3.82. The predicted molar refractivity (Wildman–Crippen MR) is 63.8 cm³/mol. The molecule has 0 spiro atoms. The van der Waals surface area contributed by atoms with Gasteiger partial charge >= 0.3 is 0 Å². The summed E-state index contributed by atoms with van der Waals surface area (Å²) in [7, 11) is -3.34. The molecule has 0 bridgehead atoms. The summed E-state index contributed by atoms with van der Waals surface area (Å²) in [6.45, 7) is 4.98. The van der Waals surface area contributed by atoms with Crippen LogP contribution in [0, 0.1) is 0 Å². The van der Waals surface area contributed by atoms with Crippen molar-refractivity contribution in [3.63, 3.8) is 0 Å². The standard InChI is InChI=1S/C9H18N4O2S/c1-3-4-10-5-8(2)16(14,15)13-9-6-11-12-7-9/h6-8,10,13H,3-5H2,1-2H3,(H,11,12). The summed E-state index contributed by atoms with van der Waals surface area (Å²) in [4.78, 5) is 0. The second-order valence-corrected chi connectivity index (χ2v) is 5.75. The molecule has 0 amide bonds. The fraction of sp³-hybridized carbons (Fsp3) is 0.667. The van der Waals surface area contributed by atoms with Crippen LogP contribution in [0.5, 0.6) is 0 Å². The number of H-pyrrole nitrogens is 1. The molecule has 0 saturated carbocycles. The van der Waals surface area contributed by atoms with Crippen LogP contribution in [0.1, 0.15) is 20.3 Å². The van der Waals surface area contributed by atoms with Gasteiger partial charge in [0.1, 0.15) is 0 Å². The summed E-state index contributed by atoms with van der Waals surface area (Å²) in [6.07, 6.45) is 3.93. The number of hydrogen-bond donors (Lipinski definition) is 3. The first-order valence-electron chi connectivity index (χ1n) is 5.27. The first kappa shape index (κ1) is 13.0. The Hall–Kier alpha value is -1.08. The van der Waals surface area contributed by atoms with E-state index in [9.17, 15) is 8.42 Å². The number of sulfonamides is 1. The quantitative estimate of drug-likeness (QED) is 0.613. The van der Waals surface area contributed by atoms with Gasteiger partial charge < -0.3 is 5.32 Å². The van der Waals surface area contributed by atoms with E-state index in [1.165, 1.54) is 12.4 Å². The largest absolute Gasteiger partial charge is 0.315 e. The number of hydrogen-bond acceptors (Lipinski definition) is 4. The zero-order chi connectivity index (χ0) is 12.0. The third-order valence-corrected chi connectivity index (χ3v) is 3.89. The highest BCUT2D eigenvalue weighted by Crippen LogP contribution is 2.08. The Morgan fingerprint density at radius 1 is 1.56 bits per heavy atom. The molecule has 1 rings (SSSR count). The molecule has 1 aromatic rings. The summed E-state index contributed by atoms with van der Waals surface area (Å²) in [6, 6.07) is 0. The topological polar surface area (TPSA) is 86.9 Å². The normalized spacial score (nSPS) is 13.6. The second kappa shape index (κ2) is 5.86. The van der Waals surface area contributed by atoms with Crippen LogP contribution in [-0.4, -0.2) is 37.0 Å². The summed E-state index contributed by atoms with van der Waals surface area (Å²) in [5.74, 6) is 0. The van der Waals surface area contributed by atoms with Crippen LogP contribution in [0.3, 0.4) is 0 Å². The SMILES string of the molecule is CCCNCC(C)S(=O)(=O)Nc1cn[nH]c1. The van der Waals surface area contributed by atoms with Crippen LogP contribution in [0.25, 0.3) is 0 Å². The van der Waals surface area contributed by atoms with Crippen molar-refractivity contribution in [3.8, 4) is 0 Å². The Balaban J connectivity index is 2.50. The highest BCUT2D eigenvalue weighted by atomic mass is 32.2. The van der Waals surface area contributed by atoms with E-state index in [2.05, 4.69) is 20.2 Å². The molecule has 16 heavy (non-hydrogen) atoms. The molecule has 7 heteroatoms. The lowest BCUT2D eigenvalue weighted by Gasteiger charge is -2.14. The molecule has 1 aromatic heterocycles. The lowest BCUT2D eigenvalue weighted by atomic mass is 10.4. The minimum Gasteiger partial charge on any atom is -0.315 e. The smallest absolute Gasteiger partial charge is 0.236 e. The van der Waals surface area contributed by atoms with Crippen molar-refractivity contribution in [2.45, 2.75) is 25.5 Å². The van der Waals surface area contributed by atoms with E-state index in [0.717, 1.165) is 13.0 Å². The first-order chi connectivity index (χ1) is 7.56. The fourth-order valence-electron chi connectivity index (χ4n) is 1.16.